The molecule has 1 atom stereocenters. The Morgan fingerprint density at radius 2 is 1.86 bits per heavy atom. The fourth-order valence-electron chi connectivity index (χ4n) is 3.79. The average molecular weight is 303 g/mol. The van der Waals surface area contributed by atoms with Crippen molar-refractivity contribution >= 4 is 12.1 Å². The number of carboxylic acids is 1. The minimum absolute atomic E-state index is 0.176. The Balaban J connectivity index is 1.62. The predicted octanol–water partition coefficient (Wildman–Crippen LogP) is 3.04. The van der Waals surface area contributed by atoms with Gasteiger partial charge in [-0.15, -0.1) is 0 Å². The third-order valence-corrected chi connectivity index (χ3v) is 4.90. The molecule has 1 amide bonds. The second-order valence-corrected chi connectivity index (χ2v) is 6.33. The molecule has 1 spiro atoms. The van der Waals surface area contributed by atoms with E-state index in [2.05, 4.69) is 0 Å². The number of ether oxygens (including phenoxy) is 1. The molecular formula is C17H21NO4. The molecule has 0 bridgehead atoms. The van der Waals surface area contributed by atoms with Crippen LogP contribution in [0.2, 0.25) is 0 Å². The first-order valence-corrected chi connectivity index (χ1v) is 7.82. The smallest absolute Gasteiger partial charge is 0.410 e. The summed E-state index contributed by atoms with van der Waals surface area (Å²) in [6.45, 7) is 0.688. The molecule has 1 unspecified atom stereocenters. The molecule has 1 saturated heterocycles. The van der Waals surface area contributed by atoms with Gasteiger partial charge < -0.3 is 9.84 Å². The van der Waals surface area contributed by atoms with Crippen molar-refractivity contribution in [3.8, 4) is 0 Å². The topological polar surface area (TPSA) is 66.8 Å². The van der Waals surface area contributed by atoms with Crippen LogP contribution in [0.5, 0.6) is 0 Å². The van der Waals surface area contributed by atoms with Crippen LogP contribution >= 0.6 is 0 Å². The van der Waals surface area contributed by atoms with Crippen LogP contribution in [-0.2, 0) is 16.1 Å². The quantitative estimate of drug-likeness (QED) is 0.932. The number of aliphatic carboxylic acids is 1. The average Bonchev–Trinajstić information content (AvgIpc) is 2.52. The number of amides is 1. The zero-order valence-corrected chi connectivity index (χ0v) is 12.5. The summed E-state index contributed by atoms with van der Waals surface area (Å²) in [7, 11) is 0. The van der Waals surface area contributed by atoms with Crippen molar-refractivity contribution in [2.75, 3.05) is 6.54 Å². The SMILES string of the molecule is O=C(O)C1N(C(=O)OCc2ccccc2)CC12CCCCC2. The van der Waals surface area contributed by atoms with Gasteiger partial charge in [0.05, 0.1) is 0 Å². The second kappa shape index (κ2) is 5.99. The predicted molar refractivity (Wildman–Crippen MR) is 80.3 cm³/mol. The molecule has 0 radical (unpaired) electrons. The number of hydrogen-bond acceptors (Lipinski definition) is 3. The molecule has 22 heavy (non-hydrogen) atoms. The third kappa shape index (κ3) is 2.67. The number of benzene rings is 1. The van der Waals surface area contributed by atoms with Gasteiger partial charge in [-0.25, -0.2) is 9.59 Å². The van der Waals surface area contributed by atoms with Crippen LogP contribution in [0, 0.1) is 5.41 Å². The Bertz CT molecular complexity index is 551. The molecule has 5 heteroatoms. The van der Waals surface area contributed by atoms with Gasteiger partial charge in [0.15, 0.2) is 0 Å². The zero-order valence-electron chi connectivity index (χ0n) is 12.5. The minimum Gasteiger partial charge on any atom is -0.480 e. The van der Waals surface area contributed by atoms with Gasteiger partial charge in [-0.05, 0) is 18.4 Å². The van der Waals surface area contributed by atoms with Crippen molar-refractivity contribution in [1.82, 2.24) is 4.90 Å². The highest BCUT2D eigenvalue weighted by Gasteiger charge is 2.58. The Hall–Kier alpha value is -2.04. The van der Waals surface area contributed by atoms with E-state index in [0.717, 1.165) is 37.7 Å². The van der Waals surface area contributed by atoms with Crippen molar-refractivity contribution in [3.05, 3.63) is 35.9 Å². The van der Waals surface area contributed by atoms with E-state index in [1.165, 1.54) is 4.90 Å². The van der Waals surface area contributed by atoms with Crippen LogP contribution < -0.4 is 0 Å². The van der Waals surface area contributed by atoms with Gasteiger partial charge >= 0.3 is 12.1 Å². The van der Waals surface area contributed by atoms with Gasteiger partial charge in [-0.1, -0.05) is 49.6 Å². The van der Waals surface area contributed by atoms with Crippen molar-refractivity contribution < 1.29 is 19.4 Å². The standard InChI is InChI=1S/C17H21NO4/c19-15(20)14-17(9-5-2-6-10-17)12-18(14)16(21)22-11-13-7-3-1-4-8-13/h1,3-4,7-8,14H,2,5-6,9-12H2,(H,19,20). The van der Waals surface area contributed by atoms with E-state index in [4.69, 9.17) is 4.74 Å². The first-order valence-electron chi connectivity index (χ1n) is 7.82. The third-order valence-electron chi connectivity index (χ3n) is 4.90. The first-order chi connectivity index (χ1) is 10.6. The van der Waals surface area contributed by atoms with Crippen molar-refractivity contribution in [2.24, 2.45) is 5.41 Å². The van der Waals surface area contributed by atoms with Gasteiger partial charge in [0, 0.05) is 12.0 Å². The first kappa shape index (κ1) is 14.9. The maximum Gasteiger partial charge on any atom is 0.410 e. The molecule has 1 heterocycles. The summed E-state index contributed by atoms with van der Waals surface area (Å²) >= 11 is 0. The lowest BCUT2D eigenvalue weighted by Gasteiger charge is -2.56. The van der Waals surface area contributed by atoms with Crippen molar-refractivity contribution in [1.29, 1.82) is 0 Å². The molecule has 2 aliphatic rings. The Labute approximate surface area is 129 Å². The van der Waals surface area contributed by atoms with Gasteiger partial charge in [-0.2, -0.15) is 0 Å². The lowest BCUT2D eigenvalue weighted by Crippen LogP contribution is -2.69. The number of carbonyl (C=O) groups is 2. The van der Waals surface area contributed by atoms with E-state index in [1.807, 2.05) is 30.3 Å². The minimum atomic E-state index is -0.912. The van der Waals surface area contributed by atoms with Crippen molar-refractivity contribution in [3.63, 3.8) is 0 Å². The molecule has 1 saturated carbocycles. The maximum atomic E-state index is 12.2. The molecule has 1 aromatic rings. The van der Waals surface area contributed by atoms with Gasteiger partial charge in [0.2, 0.25) is 0 Å². The highest BCUT2D eigenvalue weighted by molar-refractivity contribution is 5.83. The summed E-state index contributed by atoms with van der Waals surface area (Å²) in [6, 6.07) is 8.68. The molecule has 0 aromatic heterocycles. The number of carbonyl (C=O) groups excluding carboxylic acids is 1. The lowest BCUT2D eigenvalue weighted by molar-refractivity contribution is -0.165. The van der Waals surface area contributed by atoms with Crippen LogP contribution in [0.15, 0.2) is 30.3 Å². The van der Waals surface area contributed by atoms with Crippen molar-refractivity contribution in [2.45, 2.75) is 44.8 Å². The van der Waals surface area contributed by atoms with Gasteiger partial charge in [0.1, 0.15) is 12.6 Å². The normalized spacial score (nSPS) is 22.9. The number of carboxylic acid groups (broad SMARTS) is 1. The van der Waals surface area contributed by atoms with E-state index in [1.54, 1.807) is 0 Å². The van der Waals surface area contributed by atoms with E-state index < -0.39 is 18.1 Å². The molecule has 2 fully saturated rings. The highest BCUT2D eigenvalue weighted by Crippen LogP contribution is 2.49. The summed E-state index contributed by atoms with van der Waals surface area (Å²) in [6.07, 6.45) is 4.53. The molecule has 1 aliphatic carbocycles. The Kier molecular flexibility index (Phi) is 4.05. The molecule has 5 nitrogen and oxygen atoms in total. The molecule has 1 N–H and O–H groups in total. The second-order valence-electron chi connectivity index (χ2n) is 6.33. The monoisotopic (exact) mass is 303 g/mol. The van der Waals surface area contributed by atoms with E-state index in [9.17, 15) is 14.7 Å². The summed E-state index contributed by atoms with van der Waals surface area (Å²) in [5, 5.41) is 9.51. The lowest BCUT2D eigenvalue weighted by atomic mass is 9.63. The largest absolute Gasteiger partial charge is 0.480 e. The Morgan fingerprint density at radius 3 is 2.50 bits per heavy atom. The van der Waals surface area contributed by atoms with Gasteiger partial charge in [0.25, 0.3) is 0 Å². The highest BCUT2D eigenvalue weighted by atomic mass is 16.6. The van der Waals surface area contributed by atoms with Gasteiger partial charge in [-0.3, -0.25) is 4.90 Å². The molecule has 3 rings (SSSR count). The fourth-order valence-corrected chi connectivity index (χ4v) is 3.79. The van der Waals surface area contributed by atoms with Crippen LogP contribution in [0.3, 0.4) is 0 Å². The summed E-state index contributed by atoms with van der Waals surface area (Å²) in [5.41, 5.74) is 0.672. The molecular weight excluding hydrogens is 282 g/mol. The summed E-state index contributed by atoms with van der Waals surface area (Å²) in [4.78, 5) is 25.1. The van der Waals surface area contributed by atoms with Crippen LogP contribution in [0.4, 0.5) is 4.79 Å². The van der Waals surface area contributed by atoms with E-state index in [-0.39, 0.29) is 12.0 Å². The Morgan fingerprint density at radius 1 is 1.18 bits per heavy atom. The van der Waals surface area contributed by atoms with E-state index >= 15 is 0 Å². The summed E-state index contributed by atoms with van der Waals surface area (Å²) < 4.78 is 5.27. The summed E-state index contributed by atoms with van der Waals surface area (Å²) in [5.74, 6) is -0.912. The van der Waals surface area contributed by atoms with Crippen LogP contribution in [-0.4, -0.2) is 34.7 Å². The number of rotatable bonds is 3. The zero-order chi connectivity index (χ0) is 15.6. The number of nitrogens with zero attached hydrogens (tertiary/aromatic N) is 1. The molecule has 1 aliphatic heterocycles. The number of hydrogen-bond donors (Lipinski definition) is 1. The molecule has 118 valence electrons. The maximum absolute atomic E-state index is 12.2. The van der Waals surface area contributed by atoms with Crippen LogP contribution in [0.25, 0.3) is 0 Å². The van der Waals surface area contributed by atoms with E-state index in [0.29, 0.717) is 6.54 Å². The number of likely N-dealkylation sites (tertiary alicyclic amines) is 1. The fraction of sp³-hybridized carbons (Fsp3) is 0.529. The molecule has 1 aromatic carbocycles. The van der Waals surface area contributed by atoms with Crippen LogP contribution in [0.1, 0.15) is 37.7 Å².